The smallest absolute Gasteiger partial charge is 0.233 e. The van der Waals surface area contributed by atoms with Crippen molar-refractivity contribution in [3.05, 3.63) is 0 Å². The number of hydrogen-bond donors (Lipinski definition) is 2. The number of carbonyl (C=O) groups is 1. The number of carbonyl (C=O) groups excluding carboxylic acids is 1. The third-order valence-corrected chi connectivity index (χ3v) is 4.43. The van der Waals surface area contributed by atoms with Gasteiger partial charge in [0.15, 0.2) is 0 Å². The van der Waals surface area contributed by atoms with E-state index < -0.39 is 5.41 Å². The molecule has 3 N–H and O–H groups in total. The van der Waals surface area contributed by atoms with Gasteiger partial charge in [-0.1, -0.05) is 26.1 Å². The normalized spacial score (nSPS) is 18.1. The lowest BCUT2D eigenvalue weighted by atomic mass is 10.1. The van der Waals surface area contributed by atoms with E-state index in [0.29, 0.717) is 4.99 Å². The number of thiocarbonyl (C=S) groups is 1. The number of nitrogens with one attached hydrogen (secondary N) is 1. The van der Waals surface area contributed by atoms with Crippen molar-refractivity contribution in [3.8, 4) is 0 Å². The maximum atomic E-state index is 12.1. The molecule has 0 spiro atoms. The maximum Gasteiger partial charge on any atom is 0.233 e. The van der Waals surface area contributed by atoms with Gasteiger partial charge in [0.05, 0.1) is 10.4 Å². The fourth-order valence-corrected chi connectivity index (χ4v) is 2.60. The molecule has 1 unspecified atom stereocenters. The molecule has 1 aliphatic carbocycles. The summed E-state index contributed by atoms with van der Waals surface area (Å²) in [6, 6.07) is 0.190. The fraction of sp³-hybridized carbons (Fsp3) is 0.857. The maximum absolute atomic E-state index is 12.1. The Morgan fingerprint density at radius 1 is 1.42 bits per heavy atom. The van der Waals surface area contributed by atoms with E-state index in [-0.39, 0.29) is 11.9 Å². The molecule has 110 valence electrons. The Hall–Kier alpha value is -0.680. The molecule has 0 aromatic heterocycles. The molecule has 1 rings (SSSR count). The van der Waals surface area contributed by atoms with Gasteiger partial charge in [0, 0.05) is 6.04 Å². The molecule has 0 aliphatic heterocycles. The molecule has 0 heterocycles. The molecule has 1 atom stereocenters. The van der Waals surface area contributed by atoms with Crippen molar-refractivity contribution in [3.63, 3.8) is 0 Å². The predicted molar refractivity (Wildman–Crippen MR) is 83.1 cm³/mol. The van der Waals surface area contributed by atoms with Gasteiger partial charge in [-0.05, 0) is 52.2 Å². The topological polar surface area (TPSA) is 58.4 Å². The van der Waals surface area contributed by atoms with Crippen molar-refractivity contribution in [2.75, 3.05) is 19.6 Å². The number of nitrogens with zero attached hydrogens (tertiary/aromatic N) is 1. The molecule has 0 bridgehead atoms. The number of nitrogens with two attached hydrogens (primary N) is 1. The molecule has 0 aromatic carbocycles. The minimum atomic E-state index is -0.525. The van der Waals surface area contributed by atoms with Gasteiger partial charge >= 0.3 is 0 Å². The summed E-state index contributed by atoms with van der Waals surface area (Å²) in [6.45, 7) is 9.66. The average molecular weight is 285 g/mol. The lowest BCUT2D eigenvalue weighted by molar-refractivity contribution is -0.124. The molecule has 4 nitrogen and oxygen atoms in total. The van der Waals surface area contributed by atoms with Gasteiger partial charge in [-0.25, -0.2) is 0 Å². The molecule has 19 heavy (non-hydrogen) atoms. The van der Waals surface area contributed by atoms with Crippen LogP contribution in [-0.4, -0.2) is 41.5 Å². The fourth-order valence-electron chi connectivity index (χ4n) is 2.31. The van der Waals surface area contributed by atoms with Crippen LogP contribution in [0, 0.1) is 5.41 Å². The van der Waals surface area contributed by atoms with Crippen LogP contribution in [0.1, 0.15) is 46.5 Å². The Labute approximate surface area is 122 Å². The second-order valence-electron chi connectivity index (χ2n) is 5.49. The Morgan fingerprint density at radius 2 is 2.00 bits per heavy atom. The minimum Gasteiger partial charge on any atom is -0.392 e. The summed E-state index contributed by atoms with van der Waals surface area (Å²) in [7, 11) is 0. The summed E-state index contributed by atoms with van der Waals surface area (Å²) in [6.07, 6.45) is 3.71. The van der Waals surface area contributed by atoms with Gasteiger partial charge in [0.2, 0.25) is 5.91 Å². The predicted octanol–water partition coefficient (Wildman–Crippen LogP) is 1.68. The summed E-state index contributed by atoms with van der Waals surface area (Å²) < 4.78 is 0. The summed E-state index contributed by atoms with van der Waals surface area (Å²) in [5.41, 5.74) is 5.12. The van der Waals surface area contributed by atoms with Crippen molar-refractivity contribution >= 4 is 23.1 Å². The standard InChI is InChI=1S/C14H27N3OS/c1-4-17(5-2)10-6-7-11(3)16-13(18)14(8-9-14)12(15)19/h11H,4-10H2,1-3H3,(H2,15,19)(H,16,18). The highest BCUT2D eigenvalue weighted by Crippen LogP contribution is 2.46. The van der Waals surface area contributed by atoms with Crippen LogP contribution in [0.2, 0.25) is 0 Å². The molecular formula is C14H27N3OS. The van der Waals surface area contributed by atoms with Crippen LogP contribution in [0.25, 0.3) is 0 Å². The quantitative estimate of drug-likeness (QED) is 0.633. The molecule has 5 heteroatoms. The Bertz CT molecular complexity index is 325. The molecule has 0 aromatic rings. The summed E-state index contributed by atoms with van der Waals surface area (Å²) in [4.78, 5) is 14.8. The highest BCUT2D eigenvalue weighted by atomic mass is 32.1. The lowest BCUT2D eigenvalue weighted by Crippen LogP contribution is -2.43. The van der Waals surface area contributed by atoms with Crippen molar-refractivity contribution < 1.29 is 4.79 Å². The lowest BCUT2D eigenvalue weighted by Gasteiger charge is -2.21. The molecule has 1 aliphatic rings. The first kappa shape index (κ1) is 16.4. The van der Waals surface area contributed by atoms with Crippen molar-refractivity contribution in [2.45, 2.75) is 52.5 Å². The first-order valence-electron chi connectivity index (χ1n) is 7.29. The van der Waals surface area contributed by atoms with Crippen molar-refractivity contribution in [1.82, 2.24) is 10.2 Å². The number of hydrogen-bond acceptors (Lipinski definition) is 3. The molecular weight excluding hydrogens is 258 g/mol. The largest absolute Gasteiger partial charge is 0.392 e. The average Bonchev–Trinajstić information content (AvgIpc) is 3.16. The van der Waals surface area contributed by atoms with Crippen LogP contribution in [0.3, 0.4) is 0 Å². The molecule has 1 amide bonds. The van der Waals surface area contributed by atoms with E-state index in [0.717, 1.165) is 45.3 Å². The third-order valence-electron chi connectivity index (χ3n) is 4.04. The number of rotatable bonds is 9. The van der Waals surface area contributed by atoms with Crippen LogP contribution in [0.4, 0.5) is 0 Å². The van der Waals surface area contributed by atoms with E-state index >= 15 is 0 Å². The highest BCUT2D eigenvalue weighted by molar-refractivity contribution is 7.80. The second-order valence-corrected chi connectivity index (χ2v) is 5.93. The van der Waals surface area contributed by atoms with Gasteiger partial charge < -0.3 is 16.0 Å². The molecule has 1 fully saturated rings. The van der Waals surface area contributed by atoms with E-state index in [1.807, 2.05) is 0 Å². The molecule has 0 radical (unpaired) electrons. The summed E-state index contributed by atoms with van der Waals surface area (Å²) in [5, 5.41) is 3.05. The van der Waals surface area contributed by atoms with Crippen molar-refractivity contribution in [2.24, 2.45) is 11.1 Å². The second kappa shape index (κ2) is 7.20. The molecule has 1 saturated carbocycles. The first-order chi connectivity index (χ1) is 8.96. The van der Waals surface area contributed by atoms with E-state index in [1.54, 1.807) is 0 Å². The van der Waals surface area contributed by atoms with Gasteiger partial charge in [-0.15, -0.1) is 0 Å². The van der Waals surface area contributed by atoms with Crippen LogP contribution in [0.5, 0.6) is 0 Å². The third kappa shape index (κ3) is 4.42. The van der Waals surface area contributed by atoms with Gasteiger partial charge in [-0.2, -0.15) is 0 Å². The first-order valence-corrected chi connectivity index (χ1v) is 7.70. The minimum absolute atomic E-state index is 0.0235. The van der Waals surface area contributed by atoms with E-state index in [1.165, 1.54) is 0 Å². The van der Waals surface area contributed by atoms with E-state index in [4.69, 9.17) is 18.0 Å². The van der Waals surface area contributed by atoms with E-state index in [9.17, 15) is 4.79 Å². The van der Waals surface area contributed by atoms with E-state index in [2.05, 4.69) is 31.0 Å². The van der Waals surface area contributed by atoms with Crippen molar-refractivity contribution in [1.29, 1.82) is 0 Å². The Balaban J connectivity index is 2.26. The Kier molecular flexibility index (Phi) is 6.20. The van der Waals surface area contributed by atoms with Crippen LogP contribution >= 0.6 is 12.2 Å². The van der Waals surface area contributed by atoms with Crippen LogP contribution < -0.4 is 11.1 Å². The molecule has 0 saturated heterocycles. The monoisotopic (exact) mass is 285 g/mol. The zero-order valence-corrected chi connectivity index (χ0v) is 13.2. The van der Waals surface area contributed by atoms with Crippen LogP contribution in [0.15, 0.2) is 0 Å². The Morgan fingerprint density at radius 3 is 2.42 bits per heavy atom. The summed E-state index contributed by atoms with van der Waals surface area (Å²) >= 11 is 4.99. The van der Waals surface area contributed by atoms with Crippen LogP contribution in [-0.2, 0) is 4.79 Å². The zero-order valence-electron chi connectivity index (χ0n) is 12.4. The van der Waals surface area contributed by atoms with Gasteiger partial charge in [0.1, 0.15) is 0 Å². The summed E-state index contributed by atoms with van der Waals surface area (Å²) in [5.74, 6) is 0.0235. The van der Waals surface area contributed by atoms with Gasteiger partial charge in [0.25, 0.3) is 0 Å². The number of amides is 1. The SMILES string of the molecule is CCN(CC)CCCC(C)NC(=O)C1(C(N)=S)CC1. The zero-order chi connectivity index (χ0) is 14.5. The highest BCUT2D eigenvalue weighted by Gasteiger charge is 2.52. The van der Waals surface area contributed by atoms with Gasteiger partial charge in [-0.3, -0.25) is 4.79 Å².